The molecule has 2 atom stereocenters. The van der Waals surface area contributed by atoms with Gasteiger partial charge in [0, 0.05) is 12.6 Å². The standard InChI is InChI=1S/C9H11Cl2NOS/c10-7-3-13-4-8(7)12-2-6-1-9(11)14-5-6/h1,5,7-8,12H,2-4H2. The Morgan fingerprint density at radius 1 is 1.57 bits per heavy atom. The SMILES string of the molecule is Clc1cc(CNC2COCC2Cl)cs1. The molecule has 0 radical (unpaired) electrons. The predicted molar refractivity (Wildman–Crippen MR) is 60.4 cm³/mol. The Hall–Kier alpha value is 0.200. The molecule has 1 aromatic rings. The molecule has 1 fully saturated rings. The molecular weight excluding hydrogens is 241 g/mol. The fourth-order valence-electron chi connectivity index (χ4n) is 1.40. The molecule has 0 aliphatic carbocycles. The molecule has 2 nitrogen and oxygen atoms in total. The van der Waals surface area contributed by atoms with E-state index in [-0.39, 0.29) is 11.4 Å². The molecule has 2 unspecified atom stereocenters. The van der Waals surface area contributed by atoms with Gasteiger partial charge in [-0.2, -0.15) is 0 Å². The molecule has 1 N–H and O–H groups in total. The highest BCUT2D eigenvalue weighted by molar-refractivity contribution is 7.14. The van der Waals surface area contributed by atoms with Crippen molar-refractivity contribution in [2.45, 2.75) is 18.0 Å². The van der Waals surface area contributed by atoms with E-state index in [1.807, 2.05) is 11.4 Å². The summed E-state index contributed by atoms with van der Waals surface area (Å²) in [7, 11) is 0. The van der Waals surface area contributed by atoms with Crippen LogP contribution in [0.2, 0.25) is 4.34 Å². The summed E-state index contributed by atoms with van der Waals surface area (Å²) < 4.78 is 6.07. The van der Waals surface area contributed by atoms with Crippen LogP contribution in [-0.4, -0.2) is 24.6 Å². The molecule has 5 heteroatoms. The molecule has 2 heterocycles. The quantitative estimate of drug-likeness (QED) is 0.834. The number of ether oxygens (including phenoxy) is 1. The third kappa shape index (κ3) is 2.61. The molecular formula is C9H11Cl2NOS. The van der Waals surface area contributed by atoms with Crippen molar-refractivity contribution in [3.05, 3.63) is 21.3 Å². The minimum absolute atomic E-state index is 0.0871. The number of alkyl halides is 1. The van der Waals surface area contributed by atoms with Crippen LogP contribution in [0.1, 0.15) is 5.56 Å². The summed E-state index contributed by atoms with van der Waals surface area (Å²) in [5, 5.41) is 5.49. The van der Waals surface area contributed by atoms with Gasteiger partial charge in [0.2, 0.25) is 0 Å². The van der Waals surface area contributed by atoms with Crippen molar-refractivity contribution >= 4 is 34.5 Å². The number of halogens is 2. The van der Waals surface area contributed by atoms with Gasteiger partial charge >= 0.3 is 0 Å². The molecule has 1 aliphatic heterocycles. The molecule has 1 aromatic heterocycles. The largest absolute Gasteiger partial charge is 0.378 e. The van der Waals surface area contributed by atoms with E-state index in [1.165, 1.54) is 5.56 Å². The summed E-state index contributed by atoms with van der Waals surface area (Å²) in [4.78, 5) is 0. The van der Waals surface area contributed by atoms with Crippen molar-refractivity contribution in [3.63, 3.8) is 0 Å². The minimum atomic E-state index is 0.0871. The van der Waals surface area contributed by atoms with Gasteiger partial charge in [0.1, 0.15) is 0 Å². The first-order chi connectivity index (χ1) is 6.75. The van der Waals surface area contributed by atoms with E-state index in [4.69, 9.17) is 27.9 Å². The monoisotopic (exact) mass is 251 g/mol. The normalized spacial score (nSPS) is 27.0. The van der Waals surface area contributed by atoms with Gasteiger partial charge in [-0.3, -0.25) is 0 Å². The zero-order valence-corrected chi connectivity index (χ0v) is 9.83. The van der Waals surface area contributed by atoms with Gasteiger partial charge in [-0.05, 0) is 17.0 Å². The van der Waals surface area contributed by atoms with Crippen LogP contribution in [0.4, 0.5) is 0 Å². The van der Waals surface area contributed by atoms with Crippen LogP contribution >= 0.6 is 34.5 Å². The van der Waals surface area contributed by atoms with Crippen LogP contribution in [0.3, 0.4) is 0 Å². The second kappa shape index (κ2) is 4.81. The van der Waals surface area contributed by atoms with E-state index in [0.717, 1.165) is 10.9 Å². The Kier molecular flexibility index (Phi) is 3.68. The Morgan fingerprint density at radius 2 is 2.43 bits per heavy atom. The molecule has 0 aromatic carbocycles. The van der Waals surface area contributed by atoms with Crippen molar-refractivity contribution in [1.82, 2.24) is 5.32 Å². The number of hydrogen-bond acceptors (Lipinski definition) is 3. The van der Waals surface area contributed by atoms with Gasteiger partial charge in [0.05, 0.1) is 22.9 Å². The summed E-state index contributed by atoms with van der Waals surface area (Å²) in [6.07, 6.45) is 0. The van der Waals surface area contributed by atoms with Crippen LogP contribution in [0.25, 0.3) is 0 Å². The lowest BCUT2D eigenvalue weighted by Gasteiger charge is -2.12. The molecule has 78 valence electrons. The molecule has 1 aliphatic rings. The number of rotatable bonds is 3. The zero-order valence-electron chi connectivity index (χ0n) is 7.50. The van der Waals surface area contributed by atoms with E-state index in [2.05, 4.69) is 5.32 Å². The van der Waals surface area contributed by atoms with Gasteiger partial charge in [0.15, 0.2) is 0 Å². The molecule has 1 saturated heterocycles. The molecule has 0 saturated carbocycles. The Bertz CT molecular complexity index is 305. The van der Waals surface area contributed by atoms with Crippen molar-refractivity contribution < 1.29 is 4.74 Å². The second-order valence-electron chi connectivity index (χ2n) is 3.30. The predicted octanol–water partition coefficient (Wildman–Crippen LogP) is 2.50. The second-order valence-corrected chi connectivity index (χ2v) is 5.40. The number of thiophene rings is 1. The maximum Gasteiger partial charge on any atom is 0.0931 e. The van der Waals surface area contributed by atoms with Crippen molar-refractivity contribution in [2.75, 3.05) is 13.2 Å². The topological polar surface area (TPSA) is 21.3 Å². The van der Waals surface area contributed by atoms with Crippen LogP contribution in [0.5, 0.6) is 0 Å². The third-order valence-electron chi connectivity index (χ3n) is 2.20. The van der Waals surface area contributed by atoms with Gasteiger partial charge < -0.3 is 10.1 Å². The molecule has 2 rings (SSSR count). The Morgan fingerprint density at radius 3 is 3.00 bits per heavy atom. The van der Waals surface area contributed by atoms with Gasteiger partial charge in [0.25, 0.3) is 0 Å². The van der Waals surface area contributed by atoms with E-state index in [1.54, 1.807) is 11.3 Å². The first kappa shape index (κ1) is 10.7. The van der Waals surface area contributed by atoms with Crippen LogP contribution < -0.4 is 5.32 Å². The summed E-state index contributed by atoms with van der Waals surface area (Å²) >= 11 is 13.4. The Balaban J connectivity index is 1.82. The summed E-state index contributed by atoms with van der Waals surface area (Å²) in [6, 6.07) is 2.23. The smallest absolute Gasteiger partial charge is 0.0931 e. The summed E-state index contributed by atoms with van der Waals surface area (Å²) in [5.41, 5.74) is 1.20. The highest BCUT2D eigenvalue weighted by Crippen LogP contribution is 2.20. The van der Waals surface area contributed by atoms with Crippen molar-refractivity contribution in [3.8, 4) is 0 Å². The van der Waals surface area contributed by atoms with Gasteiger partial charge in [-0.1, -0.05) is 11.6 Å². The van der Waals surface area contributed by atoms with Crippen LogP contribution in [-0.2, 0) is 11.3 Å². The maximum absolute atomic E-state index is 6.04. The maximum atomic E-state index is 6.04. The lowest BCUT2D eigenvalue weighted by molar-refractivity contribution is 0.190. The minimum Gasteiger partial charge on any atom is -0.378 e. The highest BCUT2D eigenvalue weighted by Gasteiger charge is 2.25. The van der Waals surface area contributed by atoms with Crippen LogP contribution in [0.15, 0.2) is 11.4 Å². The fraction of sp³-hybridized carbons (Fsp3) is 0.556. The van der Waals surface area contributed by atoms with Crippen molar-refractivity contribution in [1.29, 1.82) is 0 Å². The summed E-state index contributed by atoms with van der Waals surface area (Å²) in [6.45, 7) is 2.15. The fourth-order valence-corrected chi connectivity index (χ4v) is 2.56. The first-order valence-corrected chi connectivity index (χ1v) is 6.13. The third-order valence-corrected chi connectivity index (χ3v) is 3.77. The van der Waals surface area contributed by atoms with Gasteiger partial charge in [-0.15, -0.1) is 22.9 Å². The molecule has 0 amide bonds. The average molecular weight is 252 g/mol. The number of nitrogens with one attached hydrogen (secondary N) is 1. The van der Waals surface area contributed by atoms with E-state index in [9.17, 15) is 0 Å². The zero-order chi connectivity index (χ0) is 9.97. The molecule has 0 spiro atoms. The summed E-state index contributed by atoms with van der Waals surface area (Å²) in [5.74, 6) is 0. The lowest BCUT2D eigenvalue weighted by Crippen LogP contribution is -2.35. The Labute approximate surface area is 97.2 Å². The van der Waals surface area contributed by atoms with E-state index < -0.39 is 0 Å². The number of hydrogen-bond donors (Lipinski definition) is 1. The van der Waals surface area contributed by atoms with Crippen LogP contribution in [0, 0.1) is 0 Å². The molecule has 0 bridgehead atoms. The molecule has 14 heavy (non-hydrogen) atoms. The highest BCUT2D eigenvalue weighted by atomic mass is 35.5. The van der Waals surface area contributed by atoms with Crippen molar-refractivity contribution in [2.24, 2.45) is 0 Å². The first-order valence-electron chi connectivity index (χ1n) is 4.44. The van der Waals surface area contributed by atoms with Gasteiger partial charge in [-0.25, -0.2) is 0 Å². The van der Waals surface area contributed by atoms with E-state index in [0.29, 0.717) is 13.2 Å². The van der Waals surface area contributed by atoms with E-state index >= 15 is 0 Å². The average Bonchev–Trinajstić information content (AvgIpc) is 2.72. The lowest BCUT2D eigenvalue weighted by atomic mass is 10.2.